The third kappa shape index (κ3) is 3.96. The molecule has 0 saturated heterocycles. The van der Waals surface area contributed by atoms with Gasteiger partial charge in [0.1, 0.15) is 6.73 Å². The summed E-state index contributed by atoms with van der Waals surface area (Å²) in [6.45, 7) is -0.519. The van der Waals surface area contributed by atoms with E-state index < -0.39 is 18.6 Å². The molecule has 0 saturated carbocycles. The molecule has 7 heteroatoms. The van der Waals surface area contributed by atoms with Crippen LogP contribution in [0.2, 0.25) is 0 Å². The monoisotopic (exact) mass is 218 g/mol. The molecule has 1 aromatic heterocycles. The van der Waals surface area contributed by atoms with Gasteiger partial charge in [-0.2, -0.15) is 0 Å². The van der Waals surface area contributed by atoms with Crippen LogP contribution in [0.15, 0.2) is 18.5 Å². The number of aromatic nitrogens is 1. The fourth-order valence-corrected chi connectivity index (χ4v) is 0.850. The van der Waals surface area contributed by atoms with E-state index in [1.54, 1.807) is 0 Å². The number of aliphatic hydroxyl groups is 1. The number of nitrogens with zero attached hydrogens (tertiary/aromatic N) is 1. The Balaban J connectivity index is 0.00000196. The van der Waals surface area contributed by atoms with Crippen LogP contribution in [0, 0.1) is 0 Å². The van der Waals surface area contributed by atoms with Crippen molar-refractivity contribution in [1.82, 2.24) is 10.3 Å². The molecular formula is C8H7N2NaO4. The van der Waals surface area contributed by atoms with Crippen LogP contribution in [0.1, 0.15) is 20.7 Å². The van der Waals surface area contributed by atoms with Crippen LogP contribution < -0.4 is 40.0 Å². The number of nitrogens with one attached hydrogen (secondary N) is 1. The molecule has 0 aliphatic heterocycles. The number of hydrogen-bond acceptors (Lipinski definition) is 5. The zero-order valence-electron chi connectivity index (χ0n) is 8.06. The number of carboxylic acids is 1. The number of aromatic carboxylic acids is 1. The third-order valence-electron chi connectivity index (χ3n) is 1.48. The average molecular weight is 218 g/mol. The summed E-state index contributed by atoms with van der Waals surface area (Å²) in [6, 6.07) is 1.12. The molecule has 1 aromatic rings. The Morgan fingerprint density at radius 3 is 2.53 bits per heavy atom. The van der Waals surface area contributed by atoms with Crippen LogP contribution >= 0.6 is 0 Å². The number of carboxylic acid groups (broad SMARTS) is 1. The molecule has 2 N–H and O–H groups in total. The van der Waals surface area contributed by atoms with Gasteiger partial charge in [-0.1, -0.05) is 0 Å². The number of aliphatic hydroxyl groups excluding tert-OH is 1. The zero-order chi connectivity index (χ0) is 10.6. The van der Waals surface area contributed by atoms with E-state index in [-0.39, 0.29) is 40.7 Å². The van der Waals surface area contributed by atoms with Gasteiger partial charge in [0.05, 0.1) is 11.5 Å². The second kappa shape index (κ2) is 6.52. The maximum absolute atomic E-state index is 11.1. The molecule has 0 aliphatic carbocycles. The number of carbonyl (C=O) groups excluding carboxylic acids is 2. The predicted octanol–water partition coefficient (Wildman–Crippen LogP) is -4.87. The van der Waals surface area contributed by atoms with Crippen molar-refractivity contribution in [3.05, 3.63) is 29.6 Å². The van der Waals surface area contributed by atoms with Crippen LogP contribution in [0.5, 0.6) is 0 Å². The number of pyridine rings is 1. The van der Waals surface area contributed by atoms with Gasteiger partial charge >= 0.3 is 29.6 Å². The molecule has 0 aliphatic rings. The molecule has 1 heterocycles. The summed E-state index contributed by atoms with van der Waals surface area (Å²) in [7, 11) is 0. The second-order valence-electron chi connectivity index (χ2n) is 2.41. The summed E-state index contributed by atoms with van der Waals surface area (Å²) < 4.78 is 0. The Labute approximate surface area is 108 Å². The molecule has 0 fully saturated rings. The van der Waals surface area contributed by atoms with Gasteiger partial charge in [-0.15, -0.1) is 0 Å². The maximum Gasteiger partial charge on any atom is 1.00 e. The van der Waals surface area contributed by atoms with E-state index in [2.05, 4.69) is 10.3 Å². The SMILES string of the molecule is O=C([O-])c1cncc(C(=O)NCO)c1.[Na+]. The second-order valence-corrected chi connectivity index (χ2v) is 2.41. The van der Waals surface area contributed by atoms with Crippen LogP contribution in [0.3, 0.4) is 0 Å². The molecule has 0 bridgehead atoms. The van der Waals surface area contributed by atoms with Crippen molar-refractivity contribution in [3.63, 3.8) is 0 Å². The minimum Gasteiger partial charge on any atom is -0.545 e. The van der Waals surface area contributed by atoms with Crippen molar-refractivity contribution < 1.29 is 49.4 Å². The van der Waals surface area contributed by atoms with Crippen LogP contribution in [-0.2, 0) is 0 Å². The van der Waals surface area contributed by atoms with Gasteiger partial charge in [-0.05, 0) is 6.07 Å². The fourth-order valence-electron chi connectivity index (χ4n) is 0.850. The van der Waals surface area contributed by atoms with Gasteiger partial charge in [-0.3, -0.25) is 9.78 Å². The largest absolute Gasteiger partial charge is 1.00 e. The van der Waals surface area contributed by atoms with Crippen molar-refractivity contribution in [3.8, 4) is 0 Å². The van der Waals surface area contributed by atoms with Gasteiger partial charge in [-0.25, -0.2) is 0 Å². The van der Waals surface area contributed by atoms with Crippen molar-refractivity contribution in [2.45, 2.75) is 0 Å². The molecule has 1 rings (SSSR count). The van der Waals surface area contributed by atoms with E-state index in [1.807, 2.05) is 0 Å². The van der Waals surface area contributed by atoms with Gasteiger partial charge in [0.2, 0.25) is 0 Å². The summed E-state index contributed by atoms with van der Waals surface area (Å²) >= 11 is 0. The molecular weight excluding hydrogens is 211 g/mol. The summed E-state index contributed by atoms with van der Waals surface area (Å²) in [5.74, 6) is -2.00. The van der Waals surface area contributed by atoms with Crippen molar-refractivity contribution >= 4 is 11.9 Å². The van der Waals surface area contributed by atoms with Gasteiger partial charge < -0.3 is 20.3 Å². The fraction of sp³-hybridized carbons (Fsp3) is 0.125. The molecule has 0 aromatic carbocycles. The Bertz CT molecular complexity index is 369. The molecule has 6 nitrogen and oxygen atoms in total. The maximum atomic E-state index is 11.1. The molecule has 0 radical (unpaired) electrons. The number of hydrogen-bond donors (Lipinski definition) is 2. The van der Waals surface area contributed by atoms with E-state index in [9.17, 15) is 14.7 Å². The Morgan fingerprint density at radius 1 is 1.40 bits per heavy atom. The van der Waals surface area contributed by atoms with Crippen LogP contribution in [0.4, 0.5) is 0 Å². The van der Waals surface area contributed by atoms with Gasteiger partial charge in [0, 0.05) is 18.0 Å². The van der Waals surface area contributed by atoms with E-state index >= 15 is 0 Å². The van der Waals surface area contributed by atoms with E-state index in [0.717, 1.165) is 12.3 Å². The molecule has 74 valence electrons. The van der Waals surface area contributed by atoms with E-state index in [1.165, 1.54) is 6.20 Å². The van der Waals surface area contributed by atoms with Crippen molar-refractivity contribution in [2.24, 2.45) is 0 Å². The van der Waals surface area contributed by atoms with Crippen molar-refractivity contribution in [1.29, 1.82) is 0 Å². The summed E-state index contributed by atoms with van der Waals surface area (Å²) in [6.07, 6.45) is 2.27. The number of carbonyl (C=O) groups is 2. The normalized spacial score (nSPS) is 8.87. The first kappa shape index (κ1) is 14.1. The first-order chi connectivity index (χ1) is 6.65. The Morgan fingerprint density at radius 2 is 2.00 bits per heavy atom. The predicted molar refractivity (Wildman–Crippen MR) is 43.1 cm³/mol. The first-order valence-electron chi connectivity index (χ1n) is 3.70. The average Bonchev–Trinajstić information content (AvgIpc) is 2.18. The minimum atomic E-state index is -1.41. The van der Waals surface area contributed by atoms with Gasteiger partial charge in [0.15, 0.2) is 0 Å². The quantitative estimate of drug-likeness (QED) is 0.391. The Hall–Kier alpha value is -0.950. The Kier molecular flexibility index (Phi) is 6.11. The van der Waals surface area contributed by atoms with Crippen molar-refractivity contribution in [2.75, 3.05) is 6.73 Å². The summed E-state index contributed by atoms with van der Waals surface area (Å²) in [5, 5.41) is 20.9. The number of amides is 1. The topological polar surface area (TPSA) is 102 Å². The summed E-state index contributed by atoms with van der Waals surface area (Å²) in [5.41, 5.74) is -0.128. The first-order valence-corrected chi connectivity index (χ1v) is 3.70. The third-order valence-corrected chi connectivity index (χ3v) is 1.48. The molecule has 0 atom stereocenters. The minimum absolute atomic E-state index is 0. The van der Waals surface area contributed by atoms with Crippen LogP contribution in [0.25, 0.3) is 0 Å². The zero-order valence-corrected chi connectivity index (χ0v) is 10.1. The number of rotatable bonds is 3. The smallest absolute Gasteiger partial charge is 0.545 e. The standard InChI is InChI=1S/C8H8N2O4.Na/c11-4-10-7(12)5-1-6(8(13)14)3-9-2-5;/h1-3,11H,4H2,(H,10,12)(H,13,14);/q;+1/p-1. The van der Waals surface area contributed by atoms with Gasteiger partial charge in [0.25, 0.3) is 5.91 Å². The molecule has 0 spiro atoms. The molecule has 15 heavy (non-hydrogen) atoms. The molecule has 1 amide bonds. The summed E-state index contributed by atoms with van der Waals surface area (Å²) in [4.78, 5) is 25.0. The van der Waals surface area contributed by atoms with E-state index in [0.29, 0.717) is 0 Å². The van der Waals surface area contributed by atoms with E-state index in [4.69, 9.17) is 5.11 Å². The molecule has 0 unspecified atom stereocenters. The van der Waals surface area contributed by atoms with Crippen LogP contribution in [-0.4, -0.2) is 28.7 Å².